The molecule has 0 radical (unpaired) electrons. The van der Waals surface area contributed by atoms with Crippen LogP contribution in [0.15, 0.2) is 18.2 Å². The fraction of sp³-hybridized carbons (Fsp3) is 0.625. The van der Waals surface area contributed by atoms with Crippen molar-refractivity contribution in [2.24, 2.45) is 5.41 Å². The number of phenols is 1. The van der Waals surface area contributed by atoms with Gasteiger partial charge in [-0.1, -0.05) is 20.8 Å². The largest absolute Gasteiger partial charge is 0.508 e. The van der Waals surface area contributed by atoms with Crippen LogP contribution in [0.2, 0.25) is 0 Å². The Hall–Kier alpha value is -1.26. The number of nitrogens with zero attached hydrogens (tertiary/aromatic N) is 1. The van der Waals surface area contributed by atoms with Gasteiger partial charge in [-0.25, -0.2) is 0 Å². The van der Waals surface area contributed by atoms with Crippen molar-refractivity contribution in [2.45, 2.75) is 40.3 Å². The smallest absolute Gasteiger partial charge is 0.120 e. The Bertz CT molecular complexity index is 426. The molecule has 4 nitrogen and oxygen atoms in total. The van der Waals surface area contributed by atoms with E-state index in [1.807, 2.05) is 20.0 Å². The summed E-state index contributed by atoms with van der Waals surface area (Å²) in [6.45, 7) is 9.48. The summed E-state index contributed by atoms with van der Waals surface area (Å²) in [5, 5.41) is 19.6. The van der Waals surface area contributed by atoms with Gasteiger partial charge in [-0.15, -0.1) is 0 Å². The molecule has 1 aromatic rings. The second kappa shape index (κ2) is 6.95. The second-order valence-corrected chi connectivity index (χ2v) is 6.20. The molecule has 0 aliphatic carbocycles. The van der Waals surface area contributed by atoms with E-state index in [4.69, 9.17) is 4.74 Å². The predicted octanol–water partition coefficient (Wildman–Crippen LogP) is 2.63. The first-order chi connectivity index (χ1) is 9.29. The number of phenolic OH excluding ortho intramolecular Hbond substituents is 1. The lowest BCUT2D eigenvalue weighted by Crippen LogP contribution is -2.43. The van der Waals surface area contributed by atoms with Crippen LogP contribution >= 0.6 is 0 Å². The van der Waals surface area contributed by atoms with Gasteiger partial charge in [0.05, 0.1) is 13.2 Å². The van der Waals surface area contributed by atoms with E-state index in [0.717, 1.165) is 11.3 Å². The topological polar surface area (TPSA) is 52.9 Å². The lowest BCUT2D eigenvalue weighted by molar-refractivity contribution is 0.0609. The van der Waals surface area contributed by atoms with Gasteiger partial charge in [0.1, 0.15) is 11.5 Å². The normalized spacial score (nSPS) is 13.6. The molecule has 0 amide bonds. The summed E-state index contributed by atoms with van der Waals surface area (Å²) in [4.78, 5) is 2.06. The fourth-order valence-electron chi connectivity index (χ4n) is 2.40. The van der Waals surface area contributed by atoms with Gasteiger partial charge >= 0.3 is 0 Å². The van der Waals surface area contributed by atoms with Crippen LogP contribution in [0.3, 0.4) is 0 Å². The molecule has 1 rings (SSSR count). The van der Waals surface area contributed by atoms with E-state index in [9.17, 15) is 10.2 Å². The Morgan fingerprint density at radius 3 is 2.45 bits per heavy atom. The summed E-state index contributed by atoms with van der Waals surface area (Å²) in [7, 11) is 1.96. The highest BCUT2D eigenvalue weighted by molar-refractivity contribution is 5.39. The van der Waals surface area contributed by atoms with Crippen molar-refractivity contribution in [3.63, 3.8) is 0 Å². The highest BCUT2D eigenvalue weighted by atomic mass is 16.5. The zero-order valence-corrected chi connectivity index (χ0v) is 13.2. The Morgan fingerprint density at radius 1 is 1.30 bits per heavy atom. The average Bonchev–Trinajstić information content (AvgIpc) is 2.32. The Morgan fingerprint density at radius 2 is 1.95 bits per heavy atom. The van der Waals surface area contributed by atoms with Gasteiger partial charge in [0.2, 0.25) is 0 Å². The molecule has 114 valence electrons. The van der Waals surface area contributed by atoms with Crippen molar-refractivity contribution in [2.75, 3.05) is 20.3 Å². The maximum atomic E-state index is 9.96. The molecule has 4 heteroatoms. The maximum absolute atomic E-state index is 9.96. The van der Waals surface area contributed by atoms with E-state index in [0.29, 0.717) is 13.2 Å². The zero-order chi connectivity index (χ0) is 15.3. The molecule has 0 saturated heterocycles. The van der Waals surface area contributed by atoms with Gasteiger partial charge in [0.25, 0.3) is 0 Å². The highest BCUT2D eigenvalue weighted by Crippen LogP contribution is 2.28. The minimum absolute atomic E-state index is 0.0256. The quantitative estimate of drug-likeness (QED) is 0.841. The number of aliphatic hydroxyl groups is 1. The Labute approximate surface area is 122 Å². The molecule has 0 heterocycles. The molecular formula is C16H27NO3. The summed E-state index contributed by atoms with van der Waals surface area (Å²) in [6, 6.07) is 5.29. The minimum atomic E-state index is -0.0311. The third-order valence-electron chi connectivity index (χ3n) is 3.49. The summed E-state index contributed by atoms with van der Waals surface area (Å²) in [5.41, 5.74) is 0.776. The lowest BCUT2D eigenvalue weighted by Gasteiger charge is -2.37. The van der Waals surface area contributed by atoms with E-state index < -0.39 is 0 Å². The van der Waals surface area contributed by atoms with E-state index in [2.05, 4.69) is 25.7 Å². The molecule has 0 saturated carbocycles. The van der Waals surface area contributed by atoms with E-state index in [1.165, 1.54) is 0 Å². The van der Waals surface area contributed by atoms with E-state index in [-0.39, 0.29) is 23.8 Å². The molecule has 0 bridgehead atoms. The van der Waals surface area contributed by atoms with Crippen LogP contribution in [0, 0.1) is 5.41 Å². The highest BCUT2D eigenvalue weighted by Gasteiger charge is 2.28. The minimum Gasteiger partial charge on any atom is -0.508 e. The number of likely N-dealkylation sites (N-methyl/N-ethyl adjacent to an activating group) is 1. The van der Waals surface area contributed by atoms with Crippen LogP contribution in [0.4, 0.5) is 0 Å². The molecule has 0 aliphatic heterocycles. The maximum Gasteiger partial charge on any atom is 0.120 e. The summed E-state index contributed by atoms with van der Waals surface area (Å²) in [6.07, 6.45) is 0. The van der Waals surface area contributed by atoms with Crippen LogP contribution in [-0.4, -0.2) is 41.4 Å². The standard InChI is InChI=1S/C16H27NO3/c1-6-20-13-7-8-14(19)12(9-13)10-17(5)15(11-18)16(2,3)4/h7-9,15,18-19H,6,10-11H2,1-5H3. The van der Waals surface area contributed by atoms with Crippen molar-refractivity contribution in [3.05, 3.63) is 23.8 Å². The fourth-order valence-corrected chi connectivity index (χ4v) is 2.40. The molecule has 2 N–H and O–H groups in total. The molecule has 1 unspecified atom stereocenters. The summed E-state index contributed by atoms with van der Waals surface area (Å²) in [5.74, 6) is 1.01. The van der Waals surface area contributed by atoms with Crippen LogP contribution in [0.5, 0.6) is 11.5 Å². The number of rotatable bonds is 6. The van der Waals surface area contributed by atoms with Gasteiger partial charge in [-0.3, -0.25) is 4.90 Å². The van der Waals surface area contributed by atoms with Crippen LogP contribution in [0.1, 0.15) is 33.3 Å². The van der Waals surface area contributed by atoms with Gasteiger partial charge in [0, 0.05) is 18.2 Å². The van der Waals surface area contributed by atoms with Gasteiger partial charge < -0.3 is 14.9 Å². The summed E-state index contributed by atoms with van der Waals surface area (Å²) < 4.78 is 5.46. The molecule has 0 aliphatic rings. The Balaban J connectivity index is 2.88. The van der Waals surface area contributed by atoms with Gasteiger partial charge in [-0.2, -0.15) is 0 Å². The molecule has 1 atom stereocenters. The zero-order valence-electron chi connectivity index (χ0n) is 13.2. The first-order valence-corrected chi connectivity index (χ1v) is 7.05. The third-order valence-corrected chi connectivity index (χ3v) is 3.49. The number of hydrogen-bond acceptors (Lipinski definition) is 4. The monoisotopic (exact) mass is 281 g/mol. The van der Waals surface area contributed by atoms with Crippen molar-refractivity contribution in [1.82, 2.24) is 4.90 Å². The van der Waals surface area contributed by atoms with Crippen molar-refractivity contribution >= 4 is 0 Å². The number of hydrogen-bond donors (Lipinski definition) is 2. The van der Waals surface area contributed by atoms with Gasteiger partial charge in [0.15, 0.2) is 0 Å². The number of ether oxygens (including phenoxy) is 1. The molecule has 0 aromatic heterocycles. The van der Waals surface area contributed by atoms with Crippen LogP contribution in [0.25, 0.3) is 0 Å². The SMILES string of the molecule is CCOc1ccc(O)c(CN(C)C(CO)C(C)(C)C)c1. The van der Waals surface area contributed by atoms with Crippen molar-refractivity contribution in [1.29, 1.82) is 0 Å². The number of benzene rings is 1. The van der Waals surface area contributed by atoms with Crippen LogP contribution < -0.4 is 4.74 Å². The first-order valence-electron chi connectivity index (χ1n) is 7.05. The van der Waals surface area contributed by atoms with Gasteiger partial charge in [-0.05, 0) is 37.6 Å². The predicted molar refractivity (Wildman–Crippen MR) is 81.1 cm³/mol. The number of aromatic hydroxyl groups is 1. The second-order valence-electron chi connectivity index (χ2n) is 6.20. The van der Waals surface area contributed by atoms with Crippen molar-refractivity contribution in [3.8, 4) is 11.5 Å². The van der Waals surface area contributed by atoms with Crippen molar-refractivity contribution < 1.29 is 14.9 Å². The molecular weight excluding hydrogens is 254 g/mol. The molecule has 0 spiro atoms. The lowest BCUT2D eigenvalue weighted by atomic mass is 9.86. The van der Waals surface area contributed by atoms with E-state index >= 15 is 0 Å². The first kappa shape index (κ1) is 16.8. The summed E-state index contributed by atoms with van der Waals surface area (Å²) >= 11 is 0. The number of aliphatic hydroxyl groups excluding tert-OH is 1. The average molecular weight is 281 g/mol. The Kier molecular flexibility index (Phi) is 5.84. The molecule has 0 fully saturated rings. The van der Waals surface area contributed by atoms with E-state index in [1.54, 1.807) is 12.1 Å². The third kappa shape index (κ3) is 4.39. The molecule has 1 aromatic carbocycles. The molecule has 20 heavy (non-hydrogen) atoms. The van der Waals surface area contributed by atoms with Crippen LogP contribution in [-0.2, 0) is 6.54 Å².